The molecule has 0 radical (unpaired) electrons. The summed E-state index contributed by atoms with van der Waals surface area (Å²) in [5.74, 6) is 0.710. The number of nitrogens with one attached hydrogen (secondary N) is 2. The fraction of sp³-hybridized carbons (Fsp3) is 0.357. The van der Waals surface area contributed by atoms with Gasteiger partial charge in [-0.2, -0.15) is 5.10 Å². The Labute approximate surface area is 133 Å². The summed E-state index contributed by atoms with van der Waals surface area (Å²) in [7, 11) is 1.82. The molecular weight excluding hydrogens is 308 g/mol. The van der Waals surface area contributed by atoms with Crippen LogP contribution in [0.15, 0.2) is 24.3 Å². The van der Waals surface area contributed by atoms with Crippen LogP contribution in [0.5, 0.6) is 0 Å². The standard InChI is InChI=1S/C14H17ClN4OS/c1-8(2)11(12-17-18-14(21)19(12)3)16-13(20)9-4-6-10(15)7-5-9/h4-8,11H,1-3H3,(H,16,20)(H,18,21)/t11-/m1/s1. The average Bonchev–Trinajstić information content (AvgIpc) is 2.76. The number of aromatic nitrogens is 3. The van der Waals surface area contributed by atoms with E-state index < -0.39 is 0 Å². The van der Waals surface area contributed by atoms with Crippen molar-refractivity contribution in [2.75, 3.05) is 0 Å². The lowest BCUT2D eigenvalue weighted by Crippen LogP contribution is -2.33. The van der Waals surface area contributed by atoms with Crippen molar-refractivity contribution < 1.29 is 4.79 Å². The van der Waals surface area contributed by atoms with Crippen LogP contribution in [-0.4, -0.2) is 20.7 Å². The SMILES string of the molecule is CC(C)[C@@H](NC(=O)c1ccc(Cl)cc1)c1n[nH]c(=S)n1C. The highest BCUT2D eigenvalue weighted by Gasteiger charge is 2.23. The Morgan fingerprint density at radius 3 is 2.48 bits per heavy atom. The van der Waals surface area contributed by atoms with Gasteiger partial charge in [-0.25, -0.2) is 0 Å². The Morgan fingerprint density at radius 1 is 1.38 bits per heavy atom. The highest BCUT2D eigenvalue weighted by molar-refractivity contribution is 7.71. The molecule has 7 heteroatoms. The van der Waals surface area contributed by atoms with Crippen molar-refractivity contribution in [2.45, 2.75) is 19.9 Å². The number of hydrogen-bond donors (Lipinski definition) is 2. The summed E-state index contributed by atoms with van der Waals surface area (Å²) < 4.78 is 2.29. The predicted octanol–water partition coefficient (Wildman–Crippen LogP) is 3.26. The first kappa shape index (κ1) is 15.7. The van der Waals surface area contributed by atoms with Gasteiger partial charge in [0.25, 0.3) is 5.91 Å². The minimum atomic E-state index is -0.230. The average molecular weight is 325 g/mol. The number of halogens is 1. The summed E-state index contributed by atoms with van der Waals surface area (Å²) in [6.07, 6.45) is 0. The van der Waals surface area contributed by atoms with Crippen LogP contribution in [0.3, 0.4) is 0 Å². The Kier molecular flexibility index (Phi) is 4.80. The topological polar surface area (TPSA) is 62.7 Å². The van der Waals surface area contributed by atoms with Gasteiger partial charge in [-0.3, -0.25) is 9.89 Å². The van der Waals surface area contributed by atoms with E-state index in [-0.39, 0.29) is 17.9 Å². The van der Waals surface area contributed by atoms with E-state index in [0.29, 0.717) is 21.2 Å². The molecule has 2 rings (SSSR count). The molecule has 0 saturated carbocycles. The van der Waals surface area contributed by atoms with E-state index in [2.05, 4.69) is 15.5 Å². The molecule has 1 aromatic heterocycles. The van der Waals surface area contributed by atoms with Crippen LogP contribution in [-0.2, 0) is 7.05 Å². The number of aromatic amines is 1. The Bertz CT molecular complexity index is 690. The maximum Gasteiger partial charge on any atom is 0.251 e. The second kappa shape index (κ2) is 6.41. The van der Waals surface area contributed by atoms with E-state index in [4.69, 9.17) is 23.8 Å². The van der Waals surface area contributed by atoms with Crippen molar-refractivity contribution in [1.82, 2.24) is 20.1 Å². The number of carbonyl (C=O) groups is 1. The molecular formula is C14H17ClN4OS. The van der Waals surface area contributed by atoms with Gasteiger partial charge in [0.2, 0.25) is 0 Å². The molecule has 2 aromatic rings. The van der Waals surface area contributed by atoms with Crippen LogP contribution < -0.4 is 5.32 Å². The van der Waals surface area contributed by atoms with Gasteiger partial charge >= 0.3 is 0 Å². The Balaban J connectivity index is 2.24. The summed E-state index contributed by atoms with van der Waals surface area (Å²) in [6.45, 7) is 4.04. The molecule has 1 atom stereocenters. The van der Waals surface area contributed by atoms with Gasteiger partial charge in [0.05, 0.1) is 6.04 Å². The molecule has 1 aromatic carbocycles. The van der Waals surface area contributed by atoms with Gasteiger partial charge in [-0.15, -0.1) is 0 Å². The molecule has 21 heavy (non-hydrogen) atoms. The third kappa shape index (κ3) is 3.51. The zero-order chi connectivity index (χ0) is 15.6. The van der Waals surface area contributed by atoms with Crippen LogP contribution in [0.2, 0.25) is 5.02 Å². The normalized spacial score (nSPS) is 12.4. The molecule has 0 unspecified atom stereocenters. The van der Waals surface area contributed by atoms with Gasteiger partial charge in [-0.05, 0) is 42.4 Å². The molecule has 0 aliphatic carbocycles. The summed E-state index contributed by atoms with van der Waals surface area (Å²) in [5.41, 5.74) is 0.557. The van der Waals surface area contributed by atoms with Gasteiger partial charge in [0, 0.05) is 17.6 Å². The van der Waals surface area contributed by atoms with Gasteiger partial charge in [0.1, 0.15) is 0 Å². The number of rotatable bonds is 4. The third-order valence-corrected chi connectivity index (χ3v) is 3.87. The fourth-order valence-corrected chi connectivity index (χ4v) is 2.26. The van der Waals surface area contributed by atoms with Crippen LogP contribution in [0.1, 0.15) is 36.1 Å². The second-order valence-corrected chi connectivity index (χ2v) is 5.97. The number of amides is 1. The zero-order valence-corrected chi connectivity index (χ0v) is 13.6. The molecule has 0 fully saturated rings. The first-order valence-corrected chi connectivity index (χ1v) is 7.36. The van der Waals surface area contributed by atoms with Gasteiger partial charge in [0.15, 0.2) is 10.6 Å². The Hall–Kier alpha value is -1.66. The number of carbonyl (C=O) groups excluding carboxylic acids is 1. The van der Waals surface area contributed by atoms with Crippen molar-refractivity contribution in [1.29, 1.82) is 0 Å². The minimum Gasteiger partial charge on any atom is -0.342 e. The van der Waals surface area contributed by atoms with Crippen molar-refractivity contribution in [3.63, 3.8) is 0 Å². The molecule has 0 spiro atoms. The van der Waals surface area contributed by atoms with Crippen LogP contribution >= 0.6 is 23.8 Å². The zero-order valence-electron chi connectivity index (χ0n) is 12.1. The molecule has 0 aliphatic rings. The maximum absolute atomic E-state index is 12.3. The highest BCUT2D eigenvalue weighted by Crippen LogP contribution is 2.20. The quantitative estimate of drug-likeness (QED) is 0.848. The van der Waals surface area contributed by atoms with E-state index in [0.717, 1.165) is 0 Å². The van der Waals surface area contributed by atoms with Crippen molar-refractivity contribution in [3.05, 3.63) is 45.4 Å². The largest absolute Gasteiger partial charge is 0.342 e. The first-order chi connectivity index (χ1) is 9.90. The molecule has 0 bridgehead atoms. The lowest BCUT2D eigenvalue weighted by atomic mass is 10.0. The smallest absolute Gasteiger partial charge is 0.251 e. The number of benzene rings is 1. The van der Waals surface area contributed by atoms with E-state index in [1.54, 1.807) is 28.8 Å². The van der Waals surface area contributed by atoms with Crippen LogP contribution in [0.25, 0.3) is 0 Å². The minimum absolute atomic E-state index is 0.167. The lowest BCUT2D eigenvalue weighted by Gasteiger charge is -2.21. The van der Waals surface area contributed by atoms with E-state index in [1.165, 1.54) is 0 Å². The fourth-order valence-electron chi connectivity index (χ4n) is 1.99. The lowest BCUT2D eigenvalue weighted by molar-refractivity contribution is 0.0922. The van der Waals surface area contributed by atoms with Crippen LogP contribution in [0.4, 0.5) is 0 Å². The molecule has 5 nitrogen and oxygen atoms in total. The Morgan fingerprint density at radius 2 is 2.00 bits per heavy atom. The number of hydrogen-bond acceptors (Lipinski definition) is 3. The monoisotopic (exact) mass is 324 g/mol. The summed E-state index contributed by atoms with van der Waals surface area (Å²) in [4.78, 5) is 12.3. The second-order valence-electron chi connectivity index (χ2n) is 5.15. The number of nitrogens with zero attached hydrogens (tertiary/aromatic N) is 2. The maximum atomic E-state index is 12.3. The number of H-pyrrole nitrogens is 1. The van der Waals surface area contributed by atoms with Crippen molar-refractivity contribution >= 4 is 29.7 Å². The first-order valence-electron chi connectivity index (χ1n) is 6.58. The van der Waals surface area contributed by atoms with Gasteiger partial charge < -0.3 is 9.88 Å². The summed E-state index contributed by atoms with van der Waals surface area (Å²) >= 11 is 11.0. The van der Waals surface area contributed by atoms with Crippen molar-refractivity contribution in [3.8, 4) is 0 Å². The van der Waals surface area contributed by atoms with E-state index in [9.17, 15) is 4.79 Å². The summed E-state index contributed by atoms with van der Waals surface area (Å²) in [5, 5.41) is 10.5. The molecule has 2 N–H and O–H groups in total. The molecule has 112 valence electrons. The predicted molar refractivity (Wildman–Crippen MR) is 84.9 cm³/mol. The third-order valence-electron chi connectivity index (χ3n) is 3.25. The van der Waals surface area contributed by atoms with Crippen molar-refractivity contribution in [2.24, 2.45) is 13.0 Å². The summed E-state index contributed by atoms with van der Waals surface area (Å²) in [6, 6.07) is 6.54. The van der Waals surface area contributed by atoms with Gasteiger partial charge in [-0.1, -0.05) is 25.4 Å². The molecule has 0 saturated heterocycles. The molecule has 1 heterocycles. The van der Waals surface area contributed by atoms with E-state index in [1.807, 2.05) is 20.9 Å². The molecule has 1 amide bonds. The highest BCUT2D eigenvalue weighted by atomic mass is 35.5. The van der Waals surface area contributed by atoms with Crippen LogP contribution in [0, 0.1) is 10.7 Å². The van der Waals surface area contributed by atoms with E-state index >= 15 is 0 Å². The molecule has 0 aliphatic heterocycles.